The van der Waals surface area contributed by atoms with E-state index in [0.717, 1.165) is 33.3 Å². The number of hydrogen-bond donors (Lipinski definition) is 1. The minimum Gasteiger partial charge on any atom is -0.496 e. The Morgan fingerprint density at radius 3 is 2.20 bits per heavy atom. The molecular weight excluding hydrogens is 748 g/mol. The van der Waals surface area contributed by atoms with Crippen LogP contribution >= 0.6 is 20.3 Å². The van der Waals surface area contributed by atoms with E-state index in [0.29, 0.717) is 18.6 Å². The molecule has 0 bridgehead atoms. The average molecular weight is 804 g/mol. The SMILES string of the molecule is CCOC(=O)C(CC)(COCSCc1c(OC)cc(C)cc1OC)COP(OC1[C@@H](CC)O[C@@H](n2ccc(=O)[nH]c2=O)[C@H]1F)N(C(C)C)C(C)C.O=C=O. The molecule has 15 nitrogen and oxygen atoms in total. The van der Waals surface area contributed by atoms with E-state index < -0.39 is 55.8 Å². The van der Waals surface area contributed by atoms with Crippen LogP contribution in [0.5, 0.6) is 11.5 Å². The Bertz CT molecular complexity index is 1590. The number of ether oxygens (including phenoxy) is 5. The van der Waals surface area contributed by atoms with Gasteiger partial charge in [-0.25, -0.2) is 13.9 Å². The van der Waals surface area contributed by atoms with Crippen molar-refractivity contribution in [1.82, 2.24) is 14.2 Å². The van der Waals surface area contributed by atoms with Gasteiger partial charge in [-0.05, 0) is 72.1 Å². The number of nitrogens with one attached hydrogen (secondary N) is 1. The summed E-state index contributed by atoms with van der Waals surface area (Å²) >= 11 is 1.51. The van der Waals surface area contributed by atoms with Gasteiger partial charge >= 0.3 is 17.8 Å². The lowest BCUT2D eigenvalue weighted by molar-refractivity contribution is -0.191. The number of carbonyl (C=O) groups excluding carboxylic acids is 3. The van der Waals surface area contributed by atoms with Crippen molar-refractivity contribution in [3.8, 4) is 11.5 Å². The molecule has 18 heteroatoms. The van der Waals surface area contributed by atoms with Crippen LogP contribution in [0.2, 0.25) is 0 Å². The van der Waals surface area contributed by atoms with Gasteiger partial charge in [0.15, 0.2) is 12.4 Å². The maximum absolute atomic E-state index is 16.3. The first-order valence-corrected chi connectivity index (χ1v) is 20.0. The minimum absolute atomic E-state index is 0.0110. The molecule has 0 amide bonds. The molecule has 0 saturated carbocycles. The number of aromatic nitrogens is 2. The first kappa shape index (κ1) is 47.0. The number of rotatable bonds is 21. The highest BCUT2D eigenvalue weighted by Crippen LogP contribution is 2.52. The van der Waals surface area contributed by atoms with Crippen LogP contribution in [0, 0.1) is 12.3 Å². The number of aryl methyl sites for hydroxylation is 1. The number of hydrogen-bond acceptors (Lipinski definition) is 14. The molecule has 1 saturated heterocycles. The molecule has 3 unspecified atom stereocenters. The fourth-order valence-corrected chi connectivity index (χ4v) is 8.55. The Labute approximate surface area is 321 Å². The Kier molecular flexibility index (Phi) is 20.1. The second-order valence-electron chi connectivity index (χ2n) is 13.0. The fraction of sp³-hybridized carbons (Fsp3) is 0.667. The normalized spacial score (nSPS) is 19.9. The van der Waals surface area contributed by atoms with Crippen molar-refractivity contribution in [2.75, 3.05) is 40.0 Å². The molecule has 1 aromatic carbocycles. The zero-order chi connectivity index (χ0) is 40.6. The third-order valence-electron chi connectivity index (χ3n) is 8.63. The van der Waals surface area contributed by atoms with Crippen molar-refractivity contribution in [2.45, 2.75) is 111 Å². The van der Waals surface area contributed by atoms with E-state index in [4.69, 9.17) is 42.3 Å². The number of H-pyrrole nitrogens is 1. The Balaban J connectivity index is 0.00000325. The molecule has 1 N–H and O–H groups in total. The number of esters is 1. The van der Waals surface area contributed by atoms with Gasteiger partial charge in [0.1, 0.15) is 23.0 Å². The molecular formula is C36H55FN3O12PS. The minimum atomic E-state index is -1.97. The molecule has 304 valence electrons. The lowest BCUT2D eigenvalue weighted by atomic mass is 9.87. The molecule has 0 spiro atoms. The lowest BCUT2D eigenvalue weighted by Gasteiger charge is -2.39. The van der Waals surface area contributed by atoms with Crippen LogP contribution < -0.4 is 20.7 Å². The number of nitrogens with zero attached hydrogens (tertiary/aromatic N) is 2. The van der Waals surface area contributed by atoms with Gasteiger partial charge in [-0.15, -0.1) is 11.8 Å². The van der Waals surface area contributed by atoms with E-state index in [1.807, 2.05) is 65.3 Å². The van der Waals surface area contributed by atoms with Crippen molar-refractivity contribution in [1.29, 1.82) is 0 Å². The predicted octanol–water partition coefficient (Wildman–Crippen LogP) is 5.54. The van der Waals surface area contributed by atoms with E-state index >= 15 is 4.39 Å². The summed E-state index contributed by atoms with van der Waals surface area (Å²) in [6, 6.07) is 4.89. The van der Waals surface area contributed by atoms with E-state index in [-0.39, 0.29) is 44.0 Å². The molecule has 0 aliphatic carbocycles. The quantitative estimate of drug-likeness (QED) is 0.0721. The molecule has 2 heterocycles. The molecule has 2 aromatic rings. The van der Waals surface area contributed by atoms with Crippen LogP contribution in [-0.2, 0) is 43.4 Å². The van der Waals surface area contributed by atoms with Crippen LogP contribution in [0.25, 0.3) is 0 Å². The van der Waals surface area contributed by atoms with Crippen molar-refractivity contribution >= 4 is 32.4 Å². The van der Waals surface area contributed by atoms with Crippen LogP contribution in [0.3, 0.4) is 0 Å². The van der Waals surface area contributed by atoms with Gasteiger partial charge < -0.3 is 32.7 Å². The number of methoxy groups -OCH3 is 2. The number of carbonyl (C=O) groups is 1. The molecule has 3 rings (SSSR count). The Hall–Kier alpha value is -3.14. The highest BCUT2D eigenvalue weighted by molar-refractivity contribution is 7.98. The van der Waals surface area contributed by atoms with E-state index in [1.165, 1.54) is 18.0 Å². The molecule has 0 radical (unpaired) electrons. The number of alkyl halides is 1. The first-order chi connectivity index (χ1) is 25.7. The number of thioether (sulfide) groups is 1. The maximum Gasteiger partial charge on any atom is 0.373 e. The van der Waals surface area contributed by atoms with Gasteiger partial charge in [0, 0.05) is 35.7 Å². The van der Waals surface area contributed by atoms with Crippen molar-refractivity contribution in [2.24, 2.45) is 5.41 Å². The summed E-state index contributed by atoms with van der Waals surface area (Å²) in [6.07, 6.45) is -2.71. The molecule has 1 aromatic heterocycles. The standard InChI is InChI=1S/C35H55FN3O10PS.CO2/c1-11-26-31(30(36)32(48-26)38-15-14-29(40)37-34(38)42)49-50(39(22(4)5)23(6)7)47-20-35(12-2,33(41)46-13-3)19-45-21-51-18-25-27(43-9)16-24(8)17-28(25)44-10;2-1-3/h14-17,22-23,26,30-32H,11-13,18-21H2,1-10H3,(H,37,40,42);/t26-,30+,31?,32-,35?,50?;/m1./s1. The highest BCUT2D eigenvalue weighted by Gasteiger charge is 2.50. The van der Waals surface area contributed by atoms with Gasteiger partial charge in [-0.2, -0.15) is 9.59 Å². The van der Waals surface area contributed by atoms with E-state index in [1.54, 1.807) is 21.1 Å². The zero-order valence-corrected chi connectivity index (χ0v) is 34.5. The van der Waals surface area contributed by atoms with Crippen LogP contribution in [0.15, 0.2) is 34.0 Å². The van der Waals surface area contributed by atoms with Gasteiger partial charge in [-0.1, -0.05) is 13.8 Å². The zero-order valence-electron chi connectivity index (χ0n) is 32.8. The van der Waals surface area contributed by atoms with Gasteiger partial charge in [-0.3, -0.25) is 19.1 Å². The number of benzene rings is 1. The molecule has 1 fully saturated rings. The monoisotopic (exact) mass is 803 g/mol. The third kappa shape index (κ3) is 12.4. The summed E-state index contributed by atoms with van der Waals surface area (Å²) < 4.78 is 61.1. The largest absolute Gasteiger partial charge is 0.496 e. The van der Waals surface area contributed by atoms with Crippen molar-refractivity contribution in [3.63, 3.8) is 0 Å². The van der Waals surface area contributed by atoms with Crippen LogP contribution in [0.1, 0.15) is 78.7 Å². The van der Waals surface area contributed by atoms with Crippen molar-refractivity contribution < 1.29 is 51.5 Å². The van der Waals surface area contributed by atoms with Crippen molar-refractivity contribution in [3.05, 3.63) is 56.4 Å². The lowest BCUT2D eigenvalue weighted by Crippen LogP contribution is -2.43. The predicted molar refractivity (Wildman–Crippen MR) is 201 cm³/mol. The highest BCUT2D eigenvalue weighted by atomic mass is 32.2. The van der Waals surface area contributed by atoms with Gasteiger partial charge in [0.05, 0.1) is 46.1 Å². The Morgan fingerprint density at radius 2 is 1.70 bits per heavy atom. The number of aromatic amines is 1. The topological polar surface area (TPSA) is 174 Å². The maximum atomic E-state index is 16.3. The fourth-order valence-electron chi connectivity index (χ4n) is 5.90. The summed E-state index contributed by atoms with van der Waals surface area (Å²) in [5.41, 5.74) is -0.643. The van der Waals surface area contributed by atoms with Crippen LogP contribution in [0.4, 0.5) is 4.39 Å². The second kappa shape index (κ2) is 23.1. The van der Waals surface area contributed by atoms with Crippen LogP contribution in [-0.4, -0.2) is 96.8 Å². The average Bonchev–Trinajstić information content (AvgIpc) is 3.43. The smallest absolute Gasteiger partial charge is 0.373 e. The van der Waals surface area contributed by atoms with Gasteiger partial charge in [0.2, 0.25) is 0 Å². The first-order valence-electron chi connectivity index (χ1n) is 17.7. The molecule has 54 heavy (non-hydrogen) atoms. The Morgan fingerprint density at radius 1 is 1.09 bits per heavy atom. The van der Waals surface area contributed by atoms with E-state index in [9.17, 15) is 14.4 Å². The summed E-state index contributed by atoms with van der Waals surface area (Å²) in [5, 5.41) is 0. The second-order valence-corrected chi connectivity index (χ2v) is 15.3. The summed E-state index contributed by atoms with van der Waals surface area (Å²) in [5.74, 6) is 1.80. The van der Waals surface area contributed by atoms with E-state index in [2.05, 4.69) is 4.98 Å². The third-order valence-corrected chi connectivity index (χ3v) is 11.5. The molecule has 1 aliphatic heterocycles. The number of halogens is 1. The van der Waals surface area contributed by atoms with Gasteiger partial charge in [0.25, 0.3) is 14.1 Å². The molecule has 6 atom stereocenters. The summed E-state index contributed by atoms with van der Waals surface area (Å²) in [4.78, 5) is 56.2. The molecule has 1 aliphatic rings. The summed E-state index contributed by atoms with van der Waals surface area (Å²) in [6.45, 7) is 15.4. The summed E-state index contributed by atoms with van der Waals surface area (Å²) in [7, 11) is 1.27.